The molecule has 1 amide bonds. The molecule has 152 valence electrons. The van der Waals surface area contributed by atoms with Crippen molar-refractivity contribution < 1.29 is 4.79 Å². The van der Waals surface area contributed by atoms with Crippen molar-refractivity contribution in [2.75, 3.05) is 5.32 Å². The van der Waals surface area contributed by atoms with E-state index in [1.807, 2.05) is 53.3 Å². The van der Waals surface area contributed by atoms with Crippen molar-refractivity contribution in [3.05, 3.63) is 82.1 Å². The number of anilines is 1. The number of rotatable bonds is 7. The van der Waals surface area contributed by atoms with E-state index < -0.39 is 0 Å². The van der Waals surface area contributed by atoms with Gasteiger partial charge in [0.2, 0.25) is 5.91 Å². The Labute approximate surface area is 183 Å². The summed E-state index contributed by atoms with van der Waals surface area (Å²) in [5, 5.41) is 14.8. The Hall–Kier alpha value is -2.97. The topological polar surface area (TPSA) is 72.7 Å². The molecule has 0 radical (unpaired) electrons. The van der Waals surface area contributed by atoms with Gasteiger partial charge in [-0.2, -0.15) is 0 Å². The summed E-state index contributed by atoms with van der Waals surface area (Å²) in [6, 6.07) is 15.9. The Balaban J connectivity index is 1.35. The lowest BCUT2D eigenvalue weighted by Crippen LogP contribution is -2.14. The Kier molecular flexibility index (Phi) is 6.25. The van der Waals surface area contributed by atoms with Gasteiger partial charge in [-0.1, -0.05) is 47.7 Å². The van der Waals surface area contributed by atoms with Gasteiger partial charge in [0.15, 0.2) is 5.16 Å². The fourth-order valence-electron chi connectivity index (χ4n) is 2.94. The van der Waals surface area contributed by atoms with Crippen LogP contribution >= 0.6 is 23.1 Å². The fourth-order valence-corrected chi connectivity index (χ4v) is 4.65. The number of amides is 1. The Morgan fingerprint density at radius 1 is 1.13 bits per heavy atom. The number of aromatic nitrogens is 4. The van der Waals surface area contributed by atoms with Gasteiger partial charge in [0, 0.05) is 16.8 Å². The lowest BCUT2D eigenvalue weighted by atomic mass is 10.2. The van der Waals surface area contributed by atoms with E-state index in [9.17, 15) is 4.79 Å². The molecule has 0 saturated heterocycles. The molecule has 30 heavy (non-hydrogen) atoms. The summed E-state index contributed by atoms with van der Waals surface area (Å²) in [6.45, 7) is 4.09. The van der Waals surface area contributed by atoms with Crippen molar-refractivity contribution in [2.24, 2.45) is 0 Å². The number of para-hydroxylation sites is 1. The summed E-state index contributed by atoms with van der Waals surface area (Å²) < 4.78 is 1.99. The van der Waals surface area contributed by atoms with Crippen LogP contribution in [0.4, 0.5) is 5.69 Å². The Bertz CT molecular complexity index is 1150. The highest BCUT2D eigenvalue weighted by Gasteiger charge is 2.12. The number of benzene rings is 2. The van der Waals surface area contributed by atoms with Crippen molar-refractivity contribution in [2.45, 2.75) is 31.2 Å². The number of thiazole rings is 1. The predicted molar refractivity (Wildman–Crippen MR) is 121 cm³/mol. The van der Waals surface area contributed by atoms with Crippen LogP contribution in [0.5, 0.6) is 0 Å². The molecule has 0 fully saturated rings. The molecule has 0 saturated carbocycles. The van der Waals surface area contributed by atoms with E-state index in [-0.39, 0.29) is 12.3 Å². The molecule has 0 atom stereocenters. The number of hydrogen-bond acceptors (Lipinski definition) is 6. The zero-order chi connectivity index (χ0) is 20.9. The van der Waals surface area contributed by atoms with E-state index in [4.69, 9.17) is 0 Å². The van der Waals surface area contributed by atoms with Crippen LogP contribution in [0.2, 0.25) is 0 Å². The van der Waals surface area contributed by atoms with Crippen molar-refractivity contribution in [1.82, 2.24) is 19.7 Å². The molecule has 0 aliphatic carbocycles. The maximum absolute atomic E-state index is 12.3. The number of hydrogen-bond donors (Lipinski definition) is 1. The average molecular weight is 436 g/mol. The van der Waals surface area contributed by atoms with Crippen molar-refractivity contribution in [3.8, 4) is 5.69 Å². The van der Waals surface area contributed by atoms with Crippen LogP contribution in [-0.4, -0.2) is 25.7 Å². The molecule has 0 unspecified atom stereocenters. The van der Waals surface area contributed by atoms with Gasteiger partial charge >= 0.3 is 0 Å². The summed E-state index contributed by atoms with van der Waals surface area (Å²) >= 11 is 3.08. The van der Waals surface area contributed by atoms with Crippen LogP contribution in [0.1, 0.15) is 21.8 Å². The van der Waals surface area contributed by atoms with E-state index in [1.54, 1.807) is 18.1 Å². The molecule has 8 heteroatoms. The van der Waals surface area contributed by atoms with Gasteiger partial charge in [-0.05, 0) is 37.6 Å². The molecule has 4 rings (SSSR count). The number of carbonyl (C=O) groups is 1. The third-order valence-corrected chi connectivity index (χ3v) is 6.36. The van der Waals surface area contributed by atoms with Crippen LogP contribution in [0.3, 0.4) is 0 Å². The summed E-state index contributed by atoms with van der Waals surface area (Å²) in [5.41, 5.74) is 5.12. The molecule has 1 N–H and O–H groups in total. The maximum Gasteiger partial charge on any atom is 0.231 e. The van der Waals surface area contributed by atoms with E-state index in [0.29, 0.717) is 5.75 Å². The standard InChI is InChI=1S/C22H21N5OS2/c1-15-7-9-17(10-8-15)24-20(28)11-21-25-18(12-29-21)13-30-22-26-23-14-27(22)19-6-4-3-5-16(19)2/h3-10,12,14H,11,13H2,1-2H3,(H,24,28). The second-order valence-corrected chi connectivity index (χ2v) is 8.77. The minimum Gasteiger partial charge on any atom is -0.326 e. The molecule has 2 aromatic carbocycles. The third kappa shape index (κ3) is 4.95. The minimum atomic E-state index is -0.0632. The molecule has 0 spiro atoms. The van der Waals surface area contributed by atoms with Gasteiger partial charge in [0.25, 0.3) is 0 Å². The first kappa shape index (κ1) is 20.3. The lowest BCUT2D eigenvalue weighted by Gasteiger charge is -2.08. The highest BCUT2D eigenvalue weighted by atomic mass is 32.2. The normalized spacial score (nSPS) is 10.9. The van der Waals surface area contributed by atoms with Gasteiger partial charge in [-0.25, -0.2) is 4.98 Å². The third-order valence-electron chi connectivity index (χ3n) is 4.49. The van der Waals surface area contributed by atoms with Crippen molar-refractivity contribution >= 4 is 34.7 Å². The van der Waals surface area contributed by atoms with Gasteiger partial charge in [-0.3, -0.25) is 9.36 Å². The molecular weight excluding hydrogens is 414 g/mol. The van der Waals surface area contributed by atoms with E-state index in [0.717, 1.165) is 38.4 Å². The van der Waals surface area contributed by atoms with E-state index in [2.05, 4.69) is 39.6 Å². The fraction of sp³-hybridized carbons (Fsp3) is 0.182. The SMILES string of the molecule is Cc1ccc(NC(=O)Cc2nc(CSc3nncn3-c3ccccc3C)cs2)cc1. The Morgan fingerprint density at radius 3 is 2.73 bits per heavy atom. The highest BCUT2D eigenvalue weighted by Crippen LogP contribution is 2.25. The zero-order valence-electron chi connectivity index (χ0n) is 16.7. The summed E-state index contributed by atoms with van der Waals surface area (Å²) in [6.07, 6.45) is 2.00. The first-order chi connectivity index (χ1) is 14.6. The number of aryl methyl sites for hydroxylation is 2. The summed E-state index contributed by atoms with van der Waals surface area (Å²) in [4.78, 5) is 16.9. The molecule has 2 aromatic heterocycles. The minimum absolute atomic E-state index is 0.0632. The quantitative estimate of drug-likeness (QED) is 0.422. The zero-order valence-corrected chi connectivity index (χ0v) is 18.3. The highest BCUT2D eigenvalue weighted by molar-refractivity contribution is 7.98. The maximum atomic E-state index is 12.3. The number of thioether (sulfide) groups is 1. The number of nitrogens with zero attached hydrogens (tertiary/aromatic N) is 4. The number of carbonyl (C=O) groups excluding carboxylic acids is 1. The van der Waals surface area contributed by atoms with Crippen molar-refractivity contribution in [3.63, 3.8) is 0 Å². The Morgan fingerprint density at radius 2 is 1.93 bits per heavy atom. The molecule has 2 heterocycles. The van der Waals surface area contributed by atoms with E-state index in [1.165, 1.54) is 11.3 Å². The van der Waals surface area contributed by atoms with Gasteiger partial charge in [0.1, 0.15) is 11.3 Å². The molecule has 0 aliphatic heterocycles. The lowest BCUT2D eigenvalue weighted by molar-refractivity contribution is -0.115. The summed E-state index contributed by atoms with van der Waals surface area (Å²) in [7, 11) is 0. The number of nitrogens with one attached hydrogen (secondary N) is 1. The van der Waals surface area contributed by atoms with Gasteiger partial charge in [0.05, 0.1) is 17.8 Å². The van der Waals surface area contributed by atoms with Gasteiger partial charge in [-0.15, -0.1) is 21.5 Å². The van der Waals surface area contributed by atoms with Gasteiger partial charge < -0.3 is 5.32 Å². The van der Waals surface area contributed by atoms with Crippen LogP contribution in [0.25, 0.3) is 5.69 Å². The largest absolute Gasteiger partial charge is 0.326 e. The molecule has 0 aliphatic rings. The predicted octanol–water partition coefficient (Wildman–Crippen LogP) is 4.81. The average Bonchev–Trinajstić information content (AvgIpc) is 3.38. The van der Waals surface area contributed by atoms with Crippen LogP contribution < -0.4 is 5.32 Å². The first-order valence-electron chi connectivity index (χ1n) is 9.47. The molecule has 6 nitrogen and oxygen atoms in total. The second-order valence-electron chi connectivity index (χ2n) is 6.88. The van der Waals surface area contributed by atoms with E-state index >= 15 is 0 Å². The molecular formula is C22H21N5OS2. The monoisotopic (exact) mass is 435 g/mol. The van der Waals surface area contributed by atoms with Crippen LogP contribution in [0.15, 0.2) is 65.4 Å². The molecule has 4 aromatic rings. The van der Waals surface area contributed by atoms with Crippen molar-refractivity contribution in [1.29, 1.82) is 0 Å². The first-order valence-corrected chi connectivity index (χ1v) is 11.3. The smallest absolute Gasteiger partial charge is 0.231 e. The molecule has 0 bridgehead atoms. The van der Waals surface area contributed by atoms with Crippen LogP contribution in [-0.2, 0) is 17.0 Å². The summed E-state index contributed by atoms with van der Waals surface area (Å²) in [5.74, 6) is 0.604. The van der Waals surface area contributed by atoms with Crippen LogP contribution in [0, 0.1) is 13.8 Å². The second kappa shape index (κ2) is 9.23.